The molecule has 0 bridgehead atoms. The number of rotatable bonds is 4. The fourth-order valence-corrected chi connectivity index (χ4v) is 4.46. The molecule has 0 radical (unpaired) electrons. The second-order valence-corrected chi connectivity index (χ2v) is 8.35. The Hall–Kier alpha value is -2.21. The smallest absolute Gasteiger partial charge is 0.289 e. The average molecular weight is 432 g/mol. The number of imide groups is 1. The summed E-state index contributed by atoms with van der Waals surface area (Å²) < 4.78 is 5.86. The maximum Gasteiger partial charge on any atom is 0.289 e. The number of carbonyl (C=O) groups is 2. The maximum absolute atomic E-state index is 12.2. The predicted molar refractivity (Wildman–Crippen MR) is 113 cm³/mol. The highest BCUT2D eigenvalue weighted by Gasteiger charge is 2.38. The minimum absolute atomic E-state index is 0.186. The number of hydrogen-bond acceptors (Lipinski definition) is 4. The Labute approximate surface area is 176 Å². The Morgan fingerprint density at radius 2 is 1.75 bits per heavy atom. The van der Waals surface area contributed by atoms with Gasteiger partial charge >= 0.3 is 0 Å². The first-order valence-electron chi connectivity index (χ1n) is 8.51. The zero-order valence-electron chi connectivity index (χ0n) is 14.8. The maximum atomic E-state index is 12.2. The van der Waals surface area contributed by atoms with Gasteiger partial charge in [-0.15, -0.1) is 0 Å². The molecule has 142 valence electrons. The molecule has 1 heterocycles. The topological polar surface area (TPSA) is 46.6 Å². The van der Waals surface area contributed by atoms with Gasteiger partial charge in [-0.1, -0.05) is 47.5 Å². The average Bonchev–Trinajstić information content (AvgIpc) is 2.94. The van der Waals surface area contributed by atoms with Crippen molar-refractivity contribution in [2.24, 2.45) is 0 Å². The Morgan fingerprint density at radius 3 is 2.46 bits per heavy atom. The van der Waals surface area contributed by atoms with Crippen molar-refractivity contribution in [3.63, 3.8) is 0 Å². The highest BCUT2D eigenvalue weighted by molar-refractivity contribution is 8.14. The van der Waals surface area contributed by atoms with Gasteiger partial charge in [-0.05, 0) is 58.4 Å². The summed E-state index contributed by atoms with van der Waals surface area (Å²) in [6.45, 7) is 0.335. The van der Waals surface area contributed by atoms with Crippen LogP contribution < -0.4 is 4.74 Å². The van der Waals surface area contributed by atoms with Crippen molar-refractivity contribution in [1.82, 2.24) is 4.90 Å². The third kappa shape index (κ3) is 3.70. The van der Waals surface area contributed by atoms with Gasteiger partial charge < -0.3 is 4.74 Å². The van der Waals surface area contributed by atoms with E-state index >= 15 is 0 Å². The molecule has 4 nitrogen and oxygen atoms in total. The number of halogens is 2. The zero-order chi connectivity index (χ0) is 19.8. The Balaban J connectivity index is 1.53. The van der Waals surface area contributed by atoms with Gasteiger partial charge in [0.1, 0.15) is 17.6 Å². The molecule has 3 aromatic rings. The molecule has 4 rings (SSSR count). The monoisotopic (exact) mass is 431 g/mol. The van der Waals surface area contributed by atoms with E-state index in [1.807, 2.05) is 42.5 Å². The summed E-state index contributed by atoms with van der Waals surface area (Å²) in [4.78, 5) is 25.1. The number of likely N-dealkylation sites (N-methyl/N-ethyl adjacent to an activating group) is 1. The number of thioether (sulfide) groups is 1. The molecule has 0 spiro atoms. The van der Waals surface area contributed by atoms with E-state index in [9.17, 15) is 9.59 Å². The van der Waals surface area contributed by atoms with Gasteiger partial charge in [0, 0.05) is 22.7 Å². The first-order chi connectivity index (χ1) is 13.4. The van der Waals surface area contributed by atoms with Gasteiger partial charge in [0.15, 0.2) is 0 Å². The highest BCUT2D eigenvalue weighted by Crippen LogP contribution is 2.39. The molecule has 7 heteroatoms. The molecule has 1 aliphatic rings. The number of hydrogen-bond donors (Lipinski definition) is 0. The van der Waals surface area contributed by atoms with E-state index in [-0.39, 0.29) is 11.1 Å². The SMILES string of the molecule is CN1C(=O)SC(c2ccc3cc(OCc4ccc(Cl)cc4Cl)ccc3c2)C1=O. The number of ether oxygens (including phenoxy) is 1. The van der Waals surface area contributed by atoms with Crippen LogP contribution in [0.15, 0.2) is 54.6 Å². The molecule has 1 fully saturated rings. The number of amides is 2. The molecular weight excluding hydrogens is 417 g/mol. The van der Waals surface area contributed by atoms with Gasteiger partial charge in [0.2, 0.25) is 5.91 Å². The summed E-state index contributed by atoms with van der Waals surface area (Å²) in [5.74, 6) is 0.529. The van der Waals surface area contributed by atoms with Crippen molar-refractivity contribution in [1.29, 1.82) is 0 Å². The summed E-state index contributed by atoms with van der Waals surface area (Å²) in [6, 6.07) is 16.8. The lowest BCUT2D eigenvalue weighted by Gasteiger charge is -2.11. The van der Waals surface area contributed by atoms with Crippen molar-refractivity contribution in [3.05, 3.63) is 75.8 Å². The van der Waals surface area contributed by atoms with Gasteiger partial charge in [-0.2, -0.15) is 0 Å². The summed E-state index contributed by atoms with van der Waals surface area (Å²) in [5.41, 5.74) is 1.67. The van der Waals surface area contributed by atoms with Crippen molar-refractivity contribution < 1.29 is 14.3 Å². The van der Waals surface area contributed by atoms with Crippen molar-refractivity contribution in [3.8, 4) is 5.75 Å². The number of nitrogens with zero attached hydrogens (tertiary/aromatic N) is 1. The zero-order valence-corrected chi connectivity index (χ0v) is 17.1. The lowest BCUT2D eigenvalue weighted by Crippen LogP contribution is -2.24. The minimum atomic E-state index is -0.482. The Morgan fingerprint density at radius 1 is 1.00 bits per heavy atom. The van der Waals surface area contributed by atoms with Crippen LogP contribution in [0.3, 0.4) is 0 Å². The van der Waals surface area contributed by atoms with Crippen LogP contribution in [0.1, 0.15) is 16.4 Å². The molecule has 1 unspecified atom stereocenters. The molecule has 0 aromatic heterocycles. The second kappa shape index (κ2) is 7.66. The minimum Gasteiger partial charge on any atom is -0.489 e. The normalized spacial score (nSPS) is 16.8. The summed E-state index contributed by atoms with van der Waals surface area (Å²) >= 11 is 13.1. The van der Waals surface area contributed by atoms with E-state index in [4.69, 9.17) is 27.9 Å². The second-order valence-electron chi connectivity index (χ2n) is 6.45. The van der Waals surface area contributed by atoms with Crippen LogP contribution in [0.25, 0.3) is 10.8 Å². The predicted octanol–water partition coefficient (Wildman–Crippen LogP) is 6.09. The van der Waals surface area contributed by atoms with Crippen LogP contribution in [-0.4, -0.2) is 23.1 Å². The van der Waals surface area contributed by atoms with Crippen molar-refractivity contribution >= 4 is 56.9 Å². The molecule has 0 aliphatic carbocycles. The van der Waals surface area contributed by atoms with Crippen LogP contribution in [0, 0.1) is 0 Å². The van der Waals surface area contributed by atoms with E-state index in [1.165, 1.54) is 11.9 Å². The lowest BCUT2D eigenvalue weighted by molar-refractivity contribution is -0.125. The first kappa shape index (κ1) is 19.1. The molecule has 1 aliphatic heterocycles. The highest BCUT2D eigenvalue weighted by atomic mass is 35.5. The van der Waals surface area contributed by atoms with Crippen molar-refractivity contribution in [2.75, 3.05) is 7.05 Å². The molecule has 28 heavy (non-hydrogen) atoms. The molecule has 3 aromatic carbocycles. The molecule has 1 atom stereocenters. The summed E-state index contributed by atoms with van der Waals surface area (Å²) in [6.07, 6.45) is 0. The van der Waals surface area contributed by atoms with Crippen molar-refractivity contribution in [2.45, 2.75) is 11.9 Å². The van der Waals surface area contributed by atoms with E-state index in [0.717, 1.165) is 33.7 Å². The third-order valence-corrected chi connectivity index (χ3v) is 6.37. The number of benzene rings is 3. The summed E-state index contributed by atoms with van der Waals surface area (Å²) in [5, 5.41) is 2.41. The van der Waals surface area contributed by atoms with Gasteiger partial charge in [0.25, 0.3) is 5.24 Å². The van der Waals surface area contributed by atoms with Gasteiger partial charge in [-0.3, -0.25) is 14.5 Å². The molecule has 1 saturated heterocycles. The number of carbonyl (C=O) groups excluding carboxylic acids is 2. The molecule has 0 saturated carbocycles. The Bertz CT molecular complexity index is 1100. The molecule has 0 N–H and O–H groups in total. The third-order valence-electron chi connectivity index (χ3n) is 4.60. The summed E-state index contributed by atoms with van der Waals surface area (Å²) in [7, 11) is 1.51. The van der Waals surface area contributed by atoms with Crippen LogP contribution in [0.4, 0.5) is 4.79 Å². The number of fused-ring (bicyclic) bond motifs is 1. The van der Waals surface area contributed by atoms with E-state index in [1.54, 1.807) is 12.1 Å². The fraction of sp³-hybridized carbons (Fsp3) is 0.143. The quantitative estimate of drug-likeness (QED) is 0.501. The van der Waals surface area contributed by atoms with Crippen LogP contribution in [-0.2, 0) is 11.4 Å². The lowest BCUT2D eigenvalue weighted by atomic mass is 10.0. The Kier molecular flexibility index (Phi) is 5.23. The van der Waals surface area contributed by atoms with E-state index in [2.05, 4.69) is 0 Å². The van der Waals surface area contributed by atoms with Crippen LogP contribution in [0.5, 0.6) is 5.75 Å². The molecule has 2 amide bonds. The van der Waals surface area contributed by atoms with E-state index in [0.29, 0.717) is 22.4 Å². The van der Waals surface area contributed by atoms with E-state index < -0.39 is 5.25 Å². The molecular formula is C21H15Cl2NO3S. The fourth-order valence-electron chi connectivity index (χ4n) is 3.00. The van der Waals surface area contributed by atoms with Crippen LogP contribution >= 0.6 is 35.0 Å². The van der Waals surface area contributed by atoms with Gasteiger partial charge in [-0.25, -0.2) is 0 Å². The standard InChI is InChI=1S/C21H15Cl2NO3S/c1-24-20(25)19(28-21(24)26)14-3-2-13-9-17(7-5-12(13)8-14)27-11-15-4-6-16(22)10-18(15)23/h2-10,19H,11H2,1H3. The first-order valence-corrected chi connectivity index (χ1v) is 10.1. The van der Waals surface area contributed by atoms with Gasteiger partial charge in [0.05, 0.1) is 0 Å². The van der Waals surface area contributed by atoms with Crippen LogP contribution in [0.2, 0.25) is 10.0 Å². The largest absolute Gasteiger partial charge is 0.489 e.